The number of hydrogen-bond donors (Lipinski definition) is 0. The van der Waals surface area contributed by atoms with E-state index in [0.717, 1.165) is 11.3 Å². The van der Waals surface area contributed by atoms with Crippen LogP contribution < -0.4 is 0 Å². The molecule has 0 saturated carbocycles. The average molecular weight is 173 g/mol. The van der Waals surface area contributed by atoms with Crippen molar-refractivity contribution in [2.45, 2.75) is 19.4 Å². The third-order valence-corrected chi connectivity index (χ3v) is 2.51. The molecule has 1 atom stereocenters. The number of carbonyl (C=O) groups excluding carboxylic acids is 1. The van der Waals surface area contributed by atoms with Crippen LogP contribution in [0.2, 0.25) is 0 Å². The molecule has 1 aliphatic heterocycles. The Balaban J connectivity index is 2.42. The van der Waals surface area contributed by atoms with E-state index in [1.165, 1.54) is 0 Å². The molecule has 0 N–H and O–H groups in total. The largest absolute Gasteiger partial charge is 0.296 e. The maximum atomic E-state index is 11.4. The highest BCUT2D eigenvalue weighted by Crippen LogP contribution is 2.39. The highest BCUT2D eigenvalue weighted by Gasteiger charge is 2.50. The van der Waals surface area contributed by atoms with E-state index in [9.17, 15) is 4.79 Å². The van der Waals surface area contributed by atoms with Crippen LogP contribution in [0, 0.1) is 0 Å². The average Bonchev–Trinajstić information content (AvgIpc) is 2.80. The Morgan fingerprint density at radius 1 is 1.31 bits per heavy atom. The molecule has 0 radical (unpaired) electrons. The first-order chi connectivity index (χ1) is 6.18. The van der Waals surface area contributed by atoms with Crippen molar-refractivity contribution in [3.05, 3.63) is 35.9 Å². The van der Waals surface area contributed by atoms with Gasteiger partial charge in [-0.05, 0) is 19.4 Å². The van der Waals surface area contributed by atoms with Gasteiger partial charge in [0.15, 0.2) is 11.3 Å². The fraction of sp³-hybridized carbons (Fsp3) is 0.273. The highest BCUT2D eigenvalue weighted by atomic mass is 16.1. The van der Waals surface area contributed by atoms with Crippen molar-refractivity contribution in [1.82, 2.24) is 0 Å². The summed E-state index contributed by atoms with van der Waals surface area (Å²) in [6, 6.07) is 9.69. The summed E-state index contributed by atoms with van der Waals surface area (Å²) in [5.41, 5.74) is 1.31. The summed E-state index contributed by atoms with van der Waals surface area (Å²) in [5.74, 6) is 0.108. The molecule has 1 unspecified atom stereocenters. The van der Waals surface area contributed by atoms with Gasteiger partial charge in [-0.25, -0.2) is 0 Å². The van der Waals surface area contributed by atoms with Gasteiger partial charge in [0.1, 0.15) is 0 Å². The van der Waals surface area contributed by atoms with E-state index in [-0.39, 0.29) is 5.78 Å². The molecule has 1 aromatic rings. The molecule has 0 spiro atoms. The van der Waals surface area contributed by atoms with Gasteiger partial charge < -0.3 is 0 Å². The molecule has 1 heterocycles. The summed E-state index contributed by atoms with van der Waals surface area (Å²) in [6.07, 6.45) is 0. The Kier molecular flexibility index (Phi) is 1.59. The molecule has 2 heteroatoms. The van der Waals surface area contributed by atoms with E-state index in [4.69, 9.17) is 0 Å². The van der Waals surface area contributed by atoms with E-state index in [2.05, 4.69) is 4.99 Å². The number of rotatable bonds is 2. The van der Waals surface area contributed by atoms with Gasteiger partial charge in [-0.1, -0.05) is 30.3 Å². The van der Waals surface area contributed by atoms with Crippen LogP contribution in [0.5, 0.6) is 0 Å². The van der Waals surface area contributed by atoms with Gasteiger partial charge in [-0.3, -0.25) is 9.79 Å². The number of carbonyl (C=O) groups is 1. The maximum Gasteiger partial charge on any atom is 0.180 e. The molecule has 0 amide bonds. The Bertz CT molecular complexity index is 380. The lowest BCUT2D eigenvalue weighted by Crippen LogP contribution is -2.24. The van der Waals surface area contributed by atoms with Gasteiger partial charge in [0.05, 0.1) is 5.71 Å². The van der Waals surface area contributed by atoms with E-state index < -0.39 is 5.54 Å². The van der Waals surface area contributed by atoms with Crippen LogP contribution in [-0.2, 0) is 10.3 Å². The molecule has 66 valence electrons. The molecule has 0 bridgehead atoms. The SMILES string of the molecule is CC(=O)C1(c2ccccc2)N=C1C. The molecule has 13 heavy (non-hydrogen) atoms. The van der Waals surface area contributed by atoms with Gasteiger partial charge in [-0.15, -0.1) is 0 Å². The second-order valence-electron chi connectivity index (χ2n) is 3.33. The smallest absolute Gasteiger partial charge is 0.180 e. The molecule has 0 aliphatic carbocycles. The number of Topliss-reactive ketones (excluding diaryl/α,β-unsaturated/α-hetero) is 1. The summed E-state index contributed by atoms with van der Waals surface area (Å²) < 4.78 is 0. The van der Waals surface area contributed by atoms with Crippen LogP contribution in [0.25, 0.3) is 0 Å². The summed E-state index contributed by atoms with van der Waals surface area (Å²) in [5, 5.41) is 0. The van der Waals surface area contributed by atoms with Crippen LogP contribution in [-0.4, -0.2) is 11.5 Å². The lowest BCUT2D eigenvalue weighted by atomic mass is 9.90. The highest BCUT2D eigenvalue weighted by molar-refractivity contribution is 6.22. The molecular weight excluding hydrogens is 162 g/mol. The van der Waals surface area contributed by atoms with Gasteiger partial charge in [0.2, 0.25) is 0 Å². The molecule has 2 nitrogen and oxygen atoms in total. The Morgan fingerprint density at radius 3 is 2.23 bits per heavy atom. The zero-order valence-electron chi connectivity index (χ0n) is 7.74. The van der Waals surface area contributed by atoms with E-state index in [1.807, 2.05) is 37.3 Å². The van der Waals surface area contributed by atoms with Gasteiger partial charge in [0, 0.05) is 0 Å². The van der Waals surface area contributed by atoms with Gasteiger partial charge in [0.25, 0.3) is 0 Å². The minimum absolute atomic E-state index is 0.108. The third kappa shape index (κ3) is 1.02. The predicted molar refractivity (Wildman–Crippen MR) is 51.9 cm³/mol. The summed E-state index contributed by atoms with van der Waals surface area (Å²) in [7, 11) is 0. The number of hydrogen-bond acceptors (Lipinski definition) is 2. The molecule has 0 saturated heterocycles. The Morgan fingerprint density at radius 2 is 1.85 bits per heavy atom. The van der Waals surface area contributed by atoms with Crippen molar-refractivity contribution >= 4 is 11.5 Å². The fourth-order valence-corrected chi connectivity index (χ4v) is 1.71. The van der Waals surface area contributed by atoms with Crippen molar-refractivity contribution < 1.29 is 4.79 Å². The second kappa shape index (κ2) is 2.52. The second-order valence-corrected chi connectivity index (χ2v) is 3.33. The lowest BCUT2D eigenvalue weighted by molar-refractivity contribution is -0.119. The zero-order chi connectivity index (χ0) is 9.47. The van der Waals surface area contributed by atoms with Crippen molar-refractivity contribution in [1.29, 1.82) is 0 Å². The number of aliphatic imine (C=N–C) groups is 1. The minimum atomic E-state index is -0.596. The van der Waals surface area contributed by atoms with Crippen LogP contribution in [0.15, 0.2) is 35.3 Å². The minimum Gasteiger partial charge on any atom is -0.296 e. The fourth-order valence-electron chi connectivity index (χ4n) is 1.71. The number of ketones is 1. The van der Waals surface area contributed by atoms with E-state index in [1.54, 1.807) is 6.92 Å². The van der Waals surface area contributed by atoms with Crippen molar-refractivity contribution in [2.75, 3.05) is 0 Å². The molecule has 2 rings (SSSR count). The topological polar surface area (TPSA) is 29.4 Å². The van der Waals surface area contributed by atoms with Crippen molar-refractivity contribution in [2.24, 2.45) is 4.99 Å². The molecular formula is C11H11NO. The van der Waals surface area contributed by atoms with Gasteiger partial charge >= 0.3 is 0 Å². The van der Waals surface area contributed by atoms with Crippen LogP contribution in [0.3, 0.4) is 0 Å². The third-order valence-electron chi connectivity index (χ3n) is 2.51. The monoisotopic (exact) mass is 173 g/mol. The lowest BCUT2D eigenvalue weighted by Gasteiger charge is -2.10. The standard InChI is InChI=1S/C11H11NO/c1-8-11(12-8,9(2)13)10-6-4-3-5-7-10/h3-7H,1-2H3. The van der Waals surface area contributed by atoms with E-state index >= 15 is 0 Å². The molecule has 1 aliphatic rings. The van der Waals surface area contributed by atoms with Crippen molar-refractivity contribution in [3.8, 4) is 0 Å². The maximum absolute atomic E-state index is 11.4. The molecule has 0 fully saturated rings. The number of nitrogens with zero attached hydrogens (tertiary/aromatic N) is 1. The summed E-state index contributed by atoms with van der Waals surface area (Å²) in [6.45, 7) is 3.49. The van der Waals surface area contributed by atoms with Gasteiger partial charge in [-0.2, -0.15) is 0 Å². The number of benzene rings is 1. The van der Waals surface area contributed by atoms with Crippen LogP contribution in [0.1, 0.15) is 19.4 Å². The van der Waals surface area contributed by atoms with E-state index in [0.29, 0.717) is 0 Å². The van der Waals surface area contributed by atoms with Crippen LogP contribution in [0.4, 0.5) is 0 Å². The zero-order valence-corrected chi connectivity index (χ0v) is 7.74. The molecule has 0 aromatic heterocycles. The Hall–Kier alpha value is -1.44. The summed E-state index contributed by atoms with van der Waals surface area (Å²) >= 11 is 0. The normalized spacial score (nSPS) is 25.2. The van der Waals surface area contributed by atoms with Crippen molar-refractivity contribution in [3.63, 3.8) is 0 Å². The first-order valence-corrected chi connectivity index (χ1v) is 4.31. The van der Waals surface area contributed by atoms with Crippen LogP contribution >= 0.6 is 0 Å². The summed E-state index contributed by atoms with van der Waals surface area (Å²) in [4.78, 5) is 15.6. The first kappa shape index (κ1) is 8.17. The first-order valence-electron chi connectivity index (χ1n) is 4.31. The molecule has 1 aromatic carbocycles. The Labute approximate surface area is 77.3 Å². The quantitative estimate of drug-likeness (QED) is 0.672. The predicted octanol–water partition coefficient (Wildman–Crippen LogP) is 1.95.